The van der Waals surface area contributed by atoms with E-state index in [0.29, 0.717) is 5.56 Å². The van der Waals surface area contributed by atoms with Crippen LogP contribution >= 0.6 is 0 Å². The first-order chi connectivity index (χ1) is 7.83. The number of likely N-dealkylation sites (N-methyl/N-ethyl adjacent to an activating group) is 1. The Morgan fingerprint density at radius 2 is 2.12 bits per heavy atom. The average molecular weight is 216 g/mol. The molecule has 1 aliphatic heterocycles. The second-order valence-corrected chi connectivity index (χ2v) is 3.94. The Labute approximate surface area is 96.1 Å². The van der Waals surface area contributed by atoms with Crippen LogP contribution in [0.2, 0.25) is 0 Å². The summed E-state index contributed by atoms with van der Waals surface area (Å²) in [7, 11) is 0. The van der Waals surface area contributed by atoms with Crippen molar-refractivity contribution < 1.29 is 0 Å². The molecule has 0 aromatic carbocycles. The van der Waals surface area contributed by atoms with Gasteiger partial charge in [0.15, 0.2) is 0 Å². The second-order valence-electron chi connectivity index (χ2n) is 3.94. The number of aromatic nitrogens is 1. The van der Waals surface area contributed by atoms with Crippen LogP contribution in [0.3, 0.4) is 0 Å². The molecule has 1 aliphatic rings. The third kappa shape index (κ3) is 2.31. The molecule has 0 N–H and O–H groups in total. The number of nitriles is 1. The van der Waals surface area contributed by atoms with Crippen molar-refractivity contribution in [2.24, 2.45) is 0 Å². The highest BCUT2D eigenvalue weighted by Gasteiger charge is 2.16. The summed E-state index contributed by atoms with van der Waals surface area (Å²) in [5, 5.41) is 8.84. The average Bonchev–Trinajstić information content (AvgIpc) is 2.39. The molecule has 1 saturated heterocycles. The smallest absolute Gasteiger partial charge is 0.129 e. The summed E-state index contributed by atoms with van der Waals surface area (Å²) in [6.45, 7) is 7.44. The van der Waals surface area contributed by atoms with Gasteiger partial charge < -0.3 is 9.80 Å². The highest BCUT2D eigenvalue weighted by Crippen LogP contribution is 2.14. The molecule has 0 amide bonds. The molecule has 0 saturated carbocycles. The number of pyridine rings is 1. The third-order valence-electron chi connectivity index (χ3n) is 3.02. The molecule has 2 heterocycles. The number of anilines is 1. The van der Waals surface area contributed by atoms with Crippen molar-refractivity contribution in [3.05, 3.63) is 23.9 Å². The summed E-state index contributed by atoms with van der Waals surface area (Å²) >= 11 is 0. The van der Waals surface area contributed by atoms with E-state index in [9.17, 15) is 0 Å². The predicted octanol–water partition coefficient (Wildman–Crippen LogP) is 1.10. The van der Waals surface area contributed by atoms with Crippen LogP contribution in [0.4, 0.5) is 5.82 Å². The Bertz CT molecular complexity index is 388. The Kier molecular flexibility index (Phi) is 3.37. The SMILES string of the molecule is CCN1CCN(c2cc(C#N)ccn2)CC1. The molecule has 1 aromatic heterocycles. The molecule has 0 spiro atoms. The van der Waals surface area contributed by atoms with Crippen LogP contribution < -0.4 is 4.90 Å². The Balaban J connectivity index is 2.05. The highest BCUT2D eigenvalue weighted by atomic mass is 15.3. The Morgan fingerprint density at radius 3 is 2.75 bits per heavy atom. The van der Waals surface area contributed by atoms with E-state index in [4.69, 9.17) is 5.26 Å². The van der Waals surface area contributed by atoms with E-state index in [0.717, 1.165) is 38.5 Å². The van der Waals surface area contributed by atoms with E-state index in [-0.39, 0.29) is 0 Å². The van der Waals surface area contributed by atoms with Crippen LogP contribution in [-0.4, -0.2) is 42.6 Å². The van der Waals surface area contributed by atoms with E-state index < -0.39 is 0 Å². The van der Waals surface area contributed by atoms with Crippen LogP contribution in [0.1, 0.15) is 12.5 Å². The van der Waals surface area contributed by atoms with Gasteiger partial charge in [-0.25, -0.2) is 4.98 Å². The first kappa shape index (κ1) is 10.9. The fraction of sp³-hybridized carbons (Fsp3) is 0.500. The summed E-state index contributed by atoms with van der Waals surface area (Å²) in [4.78, 5) is 8.98. The van der Waals surface area contributed by atoms with Gasteiger partial charge in [-0.2, -0.15) is 5.26 Å². The van der Waals surface area contributed by atoms with Gasteiger partial charge in [0.1, 0.15) is 5.82 Å². The van der Waals surface area contributed by atoms with Gasteiger partial charge in [0.05, 0.1) is 11.6 Å². The Morgan fingerprint density at radius 1 is 1.38 bits per heavy atom. The van der Waals surface area contributed by atoms with E-state index in [1.54, 1.807) is 12.3 Å². The fourth-order valence-corrected chi connectivity index (χ4v) is 1.95. The zero-order chi connectivity index (χ0) is 11.4. The minimum atomic E-state index is 0.683. The lowest BCUT2D eigenvalue weighted by Crippen LogP contribution is -2.46. The first-order valence-corrected chi connectivity index (χ1v) is 5.67. The molecule has 1 aromatic rings. The van der Waals surface area contributed by atoms with Crippen molar-refractivity contribution in [1.82, 2.24) is 9.88 Å². The van der Waals surface area contributed by atoms with E-state index in [1.807, 2.05) is 6.07 Å². The monoisotopic (exact) mass is 216 g/mol. The maximum atomic E-state index is 8.84. The molecule has 4 nitrogen and oxygen atoms in total. The maximum absolute atomic E-state index is 8.84. The minimum Gasteiger partial charge on any atom is -0.354 e. The molecule has 16 heavy (non-hydrogen) atoms. The maximum Gasteiger partial charge on any atom is 0.129 e. The van der Waals surface area contributed by atoms with Gasteiger partial charge in [0, 0.05) is 32.4 Å². The van der Waals surface area contributed by atoms with Gasteiger partial charge in [0.2, 0.25) is 0 Å². The van der Waals surface area contributed by atoms with Crippen molar-refractivity contribution >= 4 is 5.82 Å². The van der Waals surface area contributed by atoms with Gasteiger partial charge in [0.25, 0.3) is 0 Å². The molecule has 0 bridgehead atoms. The second kappa shape index (κ2) is 4.95. The van der Waals surface area contributed by atoms with Crippen molar-refractivity contribution in [3.8, 4) is 6.07 Å². The molecule has 0 aliphatic carbocycles. The van der Waals surface area contributed by atoms with Crippen molar-refractivity contribution in [2.45, 2.75) is 6.92 Å². The quantitative estimate of drug-likeness (QED) is 0.742. The molecule has 4 heteroatoms. The van der Waals surface area contributed by atoms with Gasteiger partial charge in [-0.15, -0.1) is 0 Å². The fourth-order valence-electron chi connectivity index (χ4n) is 1.95. The van der Waals surface area contributed by atoms with Gasteiger partial charge in [-0.05, 0) is 18.7 Å². The van der Waals surface area contributed by atoms with Crippen LogP contribution in [0, 0.1) is 11.3 Å². The topological polar surface area (TPSA) is 43.2 Å². The van der Waals surface area contributed by atoms with Gasteiger partial charge in [-0.1, -0.05) is 6.92 Å². The molecule has 0 radical (unpaired) electrons. The number of rotatable bonds is 2. The van der Waals surface area contributed by atoms with E-state index in [1.165, 1.54) is 0 Å². The number of hydrogen-bond donors (Lipinski definition) is 0. The highest BCUT2D eigenvalue weighted by molar-refractivity contribution is 5.45. The molecule has 1 fully saturated rings. The third-order valence-corrected chi connectivity index (χ3v) is 3.02. The van der Waals surface area contributed by atoms with Crippen molar-refractivity contribution in [3.63, 3.8) is 0 Å². The lowest BCUT2D eigenvalue weighted by Gasteiger charge is -2.34. The molecule has 2 rings (SSSR count). The summed E-state index contributed by atoms with van der Waals surface area (Å²) in [5.74, 6) is 0.926. The summed E-state index contributed by atoms with van der Waals surface area (Å²) in [6.07, 6.45) is 1.71. The van der Waals surface area contributed by atoms with Crippen molar-refractivity contribution in [2.75, 3.05) is 37.6 Å². The predicted molar refractivity (Wildman–Crippen MR) is 63.3 cm³/mol. The molecule has 84 valence electrons. The largest absolute Gasteiger partial charge is 0.354 e. The number of piperazine rings is 1. The number of hydrogen-bond acceptors (Lipinski definition) is 4. The summed E-state index contributed by atoms with van der Waals surface area (Å²) < 4.78 is 0. The van der Waals surface area contributed by atoms with Gasteiger partial charge >= 0.3 is 0 Å². The van der Waals surface area contributed by atoms with E-state index in [2.05, 4.69) is 27.8 Å². The van der Waals surface area contributed by atoms with Crippen LogP contribution in [0.5, 0.6) is 0 Å². The van der Waals surface area contributed by atoms with E-state index >= 15 is 0 Å². The summed E-state index contributed by atoms with van der Waals surface area (Å²) in [6, 6.07) is 5.75. The molecular weight excluding hydrogens is 200 g/mol. The van der Waals surface area contributed by atoms with Crippen LogP contribution in [0.25, 0.3) is 0 Å². The zero-order valence-electron chi connectivity index (χ0n) is 9.56. The lowest BCUT2D eigenvalue weighted by molar-refractivity contribution is 0.270. The minimum absolute atomic E-state index is 0.683. The Hall–Kier alpha value is -1.60. The van der Waals surface area contributed by atoms with Crippen molar-refractivity contribution in [1.29, 1.82) is 5.26 Å². The normalized spacial score (nSPS) is 17.1. The first-order valence-electron chi connectivity index (χ1n) is 5.67. The zero-order valence-corrected chi connectivity index (χ0v) is 9.56. The molecular formula is C12H16N4. The van der Waals surface area contributed by atoms with Crippen LogP contribution in [0.15, 0.2) is 18.3 Å². The molecule has 0 atom stereocenters. The lowest BCUT2D eigenvalue weighted by atomic mass is 10.2. The number of nitrogens with zero attached hydrogens (tertiary/aromatic N) is 4. The standard InChI is InChI=1S/C12H16N4/c1-2-15-5-7-16(8-6-15)12-9-11(10-13)3-4-14-12/h3-4,9H,2,5-8H2,1H3. The summed E-state index contributed by atoms with van der Waals surface area (Å²) in [5.41, 5.74) is 0.683. The van der Waals surface area contributed by atoms with Gasteiger partial charge in [-0.3, -0.25) is 0 Å². The molecule has 0 unspecified atom stereocenters. The van der Waals surface area contributed by atoms with Crippen LogP contribution in [-0.2, 0) is 0 Å².